The van der Waals surface area contributed by atoms with E-state index in [2.05, 4.69) is 19.2 Å². The first-order valence-electron chi connectivity index (χ1n) is 10.8. The Hall–Kier alpha value is -2.71. The summed E-state index contributed by atoms with van der Waals surface area (Å²) in [5.74, 6) is -0.344. The number of hydrogen-bond donors (Lipinski definition) is 1. The minimum Gasteiger partial charge on any atom is -0.354 e. The van der Waals surface area contributed by atoms with E-state index in [1.54, 1.807) is 25.1 Å². The van der Waals surface area contributed by atoms with Crippen molar-refractivity contribution < 1.29 is 18.0 Å². The number of nitrogens with one attached hydrogen (secondary N) is 1. The van der Waals surface area contributed by atoms with Gasteiger partial charge in [-0.1, -0.05) is 62.4 Å². The maximum atomic E-state index is 13.3. The van der Waals surface area contributed by atoms with Gasteiger partial charge in [-0.25, -0.2) is 8.42 Å². The minimum absolute atomic E-state index is 0.104. The highest BCUT2D eigenvalue weighted by atomic mass is 32.2. The van der Waals surface area contributed by atoms with Crippen LogP contribution < -0.4 is 5.32 Å². The fraction of sp³-hybridized carbons (Fsp3) is 0.417. The average molecular weight is 458 g/mol. The van der Waals surface area contributed by atoms with E-state index in [4.69, 9.17) is 0 Å². The van der Waals surface area contributed by atoms with Crippen LogP contribution in [0, 0.1) is 5.92 Å². The molecule has 7 nitrogen and oxygen atoms in total. The first-order valence-corrected chi connectivity index (χ1v) is 12.3. The van der Waals surface area contributed by atoms with Gasteiger partial charge in [0.2, 0.25) is 21.8 Å². The Morgan fingerprint density at radius 1 is 1.06 bits per heavy atom. The third-order valence-electron chi connectivity index (χ3n) is 5.75. The second-order valence-corrected chi connectivity index (χ2v) is 10.7. The molecule has 2 aromatic rings. The van der Waals surface area contributed by atoms with E-state index in [1.165, 1.54) is 17.0 Å². The first-order chi connectivity index (χ1) is 15.1. The van der Waals surface area contributed by atoms with Crippen LogP contribution in [0.5, 0.6) is 0 Å². The van der Waals surface area contributed by atoms with E-state index >= 15 is 0 Å². The Morgan fingerprint density at radius 3 is 2.25 bits per heavy atom. The number of hydrogen-bond acceptors (Lipinski definition) is 4. The number of piperazine rings is 1. The number of amides is 2. The highest BCUT2D eigenvalue weighted by Crippen LogP contribution is 2.29. The monoisotopic (exact) mass is 457 g/mol. The first kappa shape index (κ1) is 23.9. The van der Waals surface area contributed by atoms with Gasteiger partial charge in [-0.2, -0.15) is 4.31 Å². The lowest BCUT2D eigenvalue weighted by atomic mass is 9.94. The summed E-state index contributed by atoms with van der Waals surface area (Å²) in [6, 6.07) is 17.4. The molecular weight excluding hydrogens is 426 g/mol. The summed E-state index contributed by atoms with van der Waals surface area (Å²) in [6.45, 7) is 6.04. The molecule has 0 aliphatic carbocycles. The number of carbonyl (C=O) groups is 2. The fourth-order valence-electron chi connectivity index (χ4n) is 3.80. The molecule has 1 heterocycles. The Kier molecular flexibility index (Phi) is 7.36. The summed E-state index contributed by atoms with van der Waals surface area (Å²) in [7, 11) is -3.92. The van der Waals surface area contributed by atoms with Crippen molar-refractivity contribution in [1.82, 2.24) is 14.5 Å². The van der Waals surface area contributed by atoms with E-state index < -0.39 is 21.5 Å². The smallest absolute Gasteiger partial charge is 0.247 e. The molecule has 1 aliphatic heterocycles. The molecule has 1 aliphatic rings. The van der Waals surface area contributed by atoms with Crippen molar-refractivity contribution in [3.05, 3.63) is 66.2 Å². The van der Waals surface area contributed by atoms with Crippen LogP contribution >= 0.6 is 0 Å². The van der Waals surface area contributed by atoms with Crippen LogP contribution in [0.25, 0.3) is 0 Å². The topological polar surface area (TPSA) is 86.8 Å². The zero-order valence-corrected chi connectivity index (χ0v) is 19.6. The third kappa shape index (κ3) is 5.19. The van der Waals surface area contributed by atoms with E-state index in [0.29, 0.717) is 12.5 Å². The van der Waals surface area contributed by atoms with Gasteiger partial charge in [-0.15, -0.1) is 0 Å². The highest BCUT2D eigenvalue weighted by molar-refractivity contribution is 7.89. The maximum absolute atomic E-state index is 13.3. The molecule has 0 unspecified atom stereocenters. The largest absolute Gasteiger partial charge is 0.354 e. The fourth-order valence-corrected chi connectivity index (χ4v) is 5.30. The molecular formula is C24H31N3O4S. The quantitative estimate of drug-likeness (QED) is 0.660. The number of rotatable bonds is 8. The maximum Gasteiger partial charge on any atom is 0.247 e. The lowest BCUT2D eigenvalue weighted by Crippen LogP contribution is -2.69. The molecule has 0 bridgehead atoms. The van der Waals surface area contributed by atoms with Crippen molar-refractivity contribution in [1.29, 1.82) is 0 Å². The lowest BCUT2D eigenvalue weighted by molar-refractivity contribution is -0.153. The number of carbonyl (C=O) groups excluding carboxylic acids is 2. The summed E-state index contributed by atoms with van der Waals surface area (Å²) in [5.41, 5.74) is -0.467. The lowest BCUT2D eigenvalue weighted by Gasteiger charge is -2.46. The third-order valence-corrected chi connectivity index (χ3v) is 7.56. The molecule has 1 N–H and O–H groups in total. The molecule has 1 atom stereocenters. The van der Waals surface area contributed by atoms with Gasteiger partial charge in [0.1, 0.15) is 5.54 Å². The summed E-state index contributed by atoms with van der Waals surface area (Å²) >= 11 is 0. The van der Waals surface area contributed by atoms with E-state index in [9.17, 15) is 18.0 Å². The van der Waals surface area contributed by atoms with Crippen molar-refractivity contribution in [2.24, 2.45) is 5.92 Å². The zero-order valence-electron chi connectivity index (χ0n) is 18.8. The molecule has 0 aromatic heterocycles. The van der Waals surface area contributed by atoms with E-state index in [-0.39, 0.29) is 30.4 Å². The molecule has 2 amide bonds. The second-order valence-electron chi connectivity index (χ2n) is 8.76. The van der Waals surface area contributed by atoms with Crippen molar-refractivity contribution in [2.75, 3.05) is 19.6 Å². The van der Waals surface area contributed by atoms with Crippen LogP contribution in [0.1, 0.15) is 32.8 Å². The summed E-state index contributed by atoms with van der Waals surface area (Å²) in [6.07, 6.45) is 0.792. The normalized spacial score (nSPS) is 19.9. The van der Waals surface area contributed by atoms with Crippen LogP contribution in [0.2, 0.25) is 0 Å². The molecule has 32 heavy (non-hydrogen) atoms. The molecule has 0 spiro atoms. The molecule has 1 saturated heterocycles. The summed E-state index contributed by atoms with van der Waals surface area (Å²) < 4.78 is 27.6. The highest BCUT2D eigenvalue weighted by Gasteiger charge is 2.50. The number of nitrogens with zero attached hydrogens (tertiary/aromatic N) is 2. The Balaban J connectivity index is 1.93. The molecule has 1 fully saturated rings. The molecule has 172 valence electrons. The van der Waals surface area contributed by atoms with Crippen molar-refractivity contribution in [3.63, 3.8) is 0 Å². The minimum atomic E-state index is -3.92. The Morgan fingerprint density at radius 2 is 1.66 bits per heavy atom. The van der Waals surface area contributed by atoms with E-state index in [1.807, 2.05) is 30.3 Å². The second kappa shape index (κ2) is 9.83. The van der Waals surface area contributed by atoms with Crippen molar-refractivity contribution in [2.45, 2.75) is 44.2 Å². The van der Waals surface area contributed by atoms with Gasteiger partial charge in [0, 0.05) is 19.6 Å². The molecule has 0 saturated carbocycles. The van der Waals surface area contributed by atoms with Gasteiger partial charge in [0.15, 0.2) is 0 Å². The zero-order chi connectivity index (χ0) is 23.4. The predicted octanol–water partition coefficient (Wildman–Crippen LogP) is 2.64. The van der Waals surface area contributed by atoms with Crippen LogP contribution in [0.15, 0.2) is 65.6 Å². The van der Waals surface area contributed by atoms with Crippen molar-refractivity contribution >= 4 is 21.8 Å². The molecule has 2 aromatic carbocycles. The van der Waals surface area contributed by atoms with Crippen molar-refractivity contribution in [3.8, 4) is 0 Å². The molecule has 3 rings (SSSR count). The standard InChI is InChI=1S/C24H31N3O4S/c1-19(2)14-15-25-23(29)24(3)18-26(32(30,31)21-12-8-5-9-13-21)17-22(28)27(24)16-20-10-6-4-7-11-20/h4-13,19H,14-18H2,1-3H3,(H,25,29)/t24-/m0/s1. The average Bonchev–Trinajstić information content (AvgIpc) is 2.77. The molecule has 8 heteroatoms. The van der Waals surface area contributed by atoms with Crippen LogP contribution in [-0.2, 0) is 26.2 Å². The Bertz CT molecular complexity index is 1040. The SMILES string of the molecule is CC(C)CCNC(=O)[C@]1(C)CN(S(=O)(=O)c2ccccc2)CC(=O)N1Cc1ccccc1. The number of sulfonamides is 1. The van der Waals surface area contributed by atoms with Gasteiger partial charge in [0.05, 0.1) is 11.4 Å². The summed E-state index contributed by atoms with van der Waals surface area (Å²) in [4.78, 5) is 28.2. The molecule has 0 radical (unpaired) electrons. The van der Waals surface area contributed by atoms with Crippen LogP contribution in [0.3, 0.4) is 0 Å². The van der Waals surface area contributed by atoms with Gasteiger partial charge in [-0.05, 0) is 37.0 Å². The van der Waals surface area contributed by atoms with Gasteiger partial charge >= 0.3 is 0 Å². The van der Waals surface area contributed by atoms with Crippen LogP contribution in [-0.4, -0.2) is 54.6 Å². The van der Waals surface area contributed by atoms with Gasteiger partial charge < -0.3 is 10.2 Å². The van der Waals surface area contributed by atoms with Gasteiger partial charge in [-0.3, -0.25) is 9.59 Å². The predicted molar refractivity (Wildman–Crippen MR) is 123 cm³/mol. The van der Waals surface area contributed by atoms with Crippen LogP contribution in [0.4, 0.5) is 0 Å². The Labute approximate surface area is 190 Å². The van der Waals surface area contributed by atoms with Gasteiger partial charge in [0.25, 0.3) is 0 Å². The van der Waals surface area contributed by atoms with E-state index in [0.717, 1.165) is 16.3 Å². The summed E-state index contributed by atoms with van der Waals surface area (Å²) in [5, 5.41) is 2.92. The number of benzene rings is 2.